The molecule has 0 atom stereocenters. The summed E-state index contributed by atoms with van der Waals surface area (Å²) in [6, 6.07) is 4.42. The highest BCUT2D eigenvalue weighted by Crippen LogP contribution is 2.29. The van der Waals surface area contributed by atoms with Gasteiger partial charge in [-0.05, 0) is 24.3 Å². The van der Waals surface area contributed by atoms with Crippen LogP contribution < -0.4 is 10.6 Å². The average Bonchev–Trinajstić information content (AvgIpc) is 2.13. The fourth-order valence-electron chi connectivity index (χ4n) is 1.46. The number of hydrogen-bond acceptors (Lipinski definition) is 2. The van der Waals surface area contributed by atoms with E-state index in [4.69, 9.17) is 0 Å². The number of benzene rings is 1. The zero-order valence-electron chi connectivity index (χ0n) is 8.84. The highest BCUT2D eigenvalue weighted by Gasteiger charge is 2.30. The van der Waals surface area contributed by atoms with Crippen molar-refractivity contribution in [2.45, 2.75) is 6.18 Å². The molecular formula is C11H11F3N2O. The van der Waals surface area contributed by atoms with E-state index in [1.165, 1.54) is 12.1 Å². The Labute approximate surface area is 96.0 Å². The molecule has 3 nitrogen and oxygen atoms in total. The van der Waals surface area contributed by atoms with Crippen molar-refractivity contribution in [2.24, 2.45) is 5.92 Å². The van der Waals surface area contributed by atoms with Gasteiger partial charge in [0.25, 0.3) is 0 Å². The van der Waals surface area contributed by atoms with E-state index < -0.39 is 11.7 Å². The van der Waals surface area contributed by atoms with Gasteiger partial charge in [0.2, 0.25) is 5.91 Å². The number of alkyl halides is 3. The molecule has 1 saturated heterocycles. The fraction of sp³-hybridized carbons (Fsp3) is 0.364. The molecule has 1 aromatic rings. The Kier molecular flexibility index (Phi) is 3.06. The minimum absolute atomic E-state index is 0.0858. The third kappa shape index (κ3) is 2.76. The first-order valence-electron chi connectivity index (χ1n) is 5.15. The Balaban J connectivity index is 2.00. The molecule has 1 amide bonds. The van der Waals surface area contributed by atoms with Crippen molar-refractivity contribution in [3.8, 4) is 0 Å². The zero-order chi connectivity index (χ0) is 12.5. The van der Waals surface area contributed by atoms with Crippen LogP contribution in [0.3, 0.4) is 0 Å². The quantitative estimate of drug-likeness (QED) is 0.833. The molecule has 0 aliphatic carbocycles. The Morgan fingerprint density at radius 3 is 2.24 bits per heavy atom. The third-order valence-electron chi connectivity index (χ3n) is 2.63. The van der Waals surface area contributed by atoms with E-state index in [1.54, 1.807) is 0 Å². The van der Waals surface area contributed by atoms with Crippen molar-refractivity contribution in [1.82, 2.24) is 5.32 Å². The maximum absolute atomic E-state index is 12.3. The van der Waals surface area contributed by atoms with Crippen LogP contribution in [0, 0.1) is 5.92 Å². The number of carbonyl (C=O) groups excluding carboxylic acids is 1. The predicted molar refractivity (Wildman–Crippen MR) is 56.4 cm³/mol. The molecule has 0 saturated carbocycles. The van der Waals surface area contributed by atoms with Gasteiger partial charge in [0.1, 0.15) is 0 Å². The summed E-state index contributed by atoms with van der Waals surface area (Å²) in [6.45, 7) is 1.24. The summed E-state index contributed by atoms with van der Waals surface area (Å²) >= 11 is 0. The van der Waals surface area contributed by atoms with Crippen molar-refractivity contribution < 1.29 is 18.0 Å². The van der Waals surface area contributed by atoms with Crippen molar-refractivity contribution in [1.29, 1.82) is 0 Å². The monoisotopic (exact) mass is 244 g/mol. The van der Waals surface area contributed by atoms with Crippen molar-refractivity contribution >= 4 is 11.6 Å². The Bertz CT molecular complexity index is 410. The molecule has 1 aliphatic heterocycles. The van der Waals surface area contributed by atoms with Crippen LogP contribution in [0.25, 0.3) is 0 Å². The molecule has 1 fully saturated rings. The molecule has 1 aromatic carbocycles. The largest absolute Gasteiger partial charge is 0.416 e. The third-order valence-corrected chi connectivity index (χ3v) is 2.63. The second-order valence-electron chi connectivity index (χ2n) is 3.92. The number of carbonyl (C=O) groups is 1. The topological polar surface area (TPSA) is 41.1 Å². The van der Waals surface area contributed by atoms with Gasteiger partial charge in [0, 0.05) is 18.8 Å². The molecule has 6 heteroatoms. The lowest BCUT2D eigenvalue weighted by atomic mass is 10.0. The van der Waals surface area contributed by atoms with Gasteiger partial charge in [-0.1, -0.05) is 0 Å². The molecule has 0 spiro atoms. The first-order valence-corrected chi connectivity index (χ1v) is 5.15. The fourth-order valence-corrected chi connectivity index (χ4v) is 1.46. The molecule has 1 heterocycles. The van der Waals surface area contributed by atoms with Gasteiger partial charge < -0.3 is 10.6 Å². The summed E-state index contributed by atoms with van der Waals surface area (Å²) in [4.78, 5) is 11.5. The first kappa shape index (κ1) is 11.9. The summed E-state index contributed by atoms with van der Waals surface area (Å²) in [7, 11) is 0. The highest BCUT2D eigenvalue weighted by atomic mass is 19.4. The SMILES string of the molecule is O=C(Nc1ccc(C(F)(F)F)cc1)C1CNC1. The lowest BCUT2D eigenvalue weighted by Gasteiger charge is -2.25. The van der Waals surface area contributed by atoms with Crippen LogP contribution in [0.5, 0.6) is 0 Å². The maximum atomic E-state index is 12.3. The number of halogens is 3. The Morgan fingerprint density at radius 2 is 1.82 bits per heavy atom. The molecule has 0 radical (unpaired) electrons. The van der Waals surface area contributed by atoms with Crippen molar-refractivity contribution in [3.05, 3.63) is 29.8 Å². The number of amides is 1. The van der Waals surface area contributed by atoms with Gasteiger partial charge in [0.05, 0.1) is 11.5 Å². The minimum atomic E-state index is -4.35. The zero-order valence-corrected chi connectivity index (χ0v) is 8.84. The van der Waals surface area contributed by atoms with Gasteiger partial charge in [0.15, 0.2) is 0 Å². The summed E-state index contributed by atoms with van der Waals surface area (Å²) in [6.07, 6.45) is -4.35. The molecule has 0 unspecified atom stereocenters. The Hall–Kier alpha value is -1.56. The highest BCUT2D eigenvalue weighted by molar-refractivity contribution is 5.93. The molecular weight excluding hydrogens is 233 g/mol. The normalized spacial score (nSPS) is 16.4. The Morgan fingerprint density at radius 1 is 1.24 bits per heavy atom. The van der Waals surface area contributed by atoms with Crippen LogP contribution in [0.15, 0.2) is 24.3 Å². The van der Waals surface area contributed by atoms with Crippen LogP contribution in [0.2, 0.25) is 0 Å². The van der Waals surface area contributed by atoms with Crippen molar-refractivity contribution in [2.75, 3.05) is 18.4 Å². The van der Waals surface area contributed by atoms with Crippen molar-refractivity contribution in [3.63, 3.8) is 0 Å². The van der Waals surface area contributed by atoms with Crippen LogP contribution in [-0.2, 0) is 11.0 Å². The van der Waals surface area contributed by atoms with Gasteiger partial charge >= 0.3 is 6.18 Å². The molecule has 2 rings (SSSR count). The van der Waals surface area contributed by atoms with Crippen LogP contribution in [0.4, 0.5) is 18.9 Å². The lowest BCUT2D eigenvalue weighted by molar-refractivity contribution is -0.137. The van der Waals surface area contributed by atoms with Crippen LogP contribution in [-0.4, -0.2) is 19.0 Å². The second-order valence-corrected chi connectivity index (χ2v) is 3.92. The number of nitrogens with one attached hydrogen (secondary N) is 2. The number of rotatable bonds is 2. The second kappa shape index (κ2) is 4.37. The van der Waals surface area contributed by atoms with Gasteiger partial charge in [-0.15, -0.1) is 0 Å². The first-order chi connectivity index (χ1) is 7.97. The summed E-state index contributed by atoms with van der Waals surface area (Å²) in [5.74, 6) is -0.249. The van der Waals surface area contributed by atoms with E-state index in [-0.39, 0.29) is 11.8 Å². The molecule has 0 aromatic heterocycles. The van der Waals surface area contributed by atoms with E-state index >= 15 is 0 Å². The predicted octanol–water partition coefficient (Wildman–Crippen LogP) is 1.86. The van der Waals surface area contributed by atoms with Gasteiger partial charge in [-0.3, -0.25) is 4.79 Å². The molecule has 92 valence electrons. The van der Waals surface area contributed by atoms with E-state index in [2.05, 4.69) is 10.6 Å². The smallest absolute Gasteiger partial charge is 0.326 e. The number of anilines is 1. The van der Waals surface area contributed by atoms with Crippen LogP contribution in [0.1, 0.15) is 5.56 Å². The molecule has 0 bridgehead atoms. The number of hydrogen-bond donors (Lipinski definition) is 2. The molecule has 2 N–H and O–H groups in total. The summed E-state index contributed by atoms with van der Waals surface area (Å²) < 4.78 is 36.8. The van der Waals surface area contributed by atoms with E-state index in [1.807, 2.05) is 0 Å². The average molecular weight is 244 g/mol. The molecule has 1 aliphatic rings. The van der Waals surface area contributed by atoms with Crippen LogP contribution >= 0.6 is 0 Å². The standard InChI is InChI=1S/C11H11F3N2O/c12-11(13,14)8-1-3-9(4-2-8)16-10(17)7-5-15-6-7/h1-4,7,15H,5-6H2,(H,16,17). The molecule has 17 heavy (non-hydrogen) atoms. The van der Waals surface area contributed by atoms with Gasteiger partial charge in [-0.25, -0.2) is 0 Å². The summed E-state index contributed by atoms with van der Waals surface area (Å²) in [5, 5.41) is 5.52. The maximum Gasteiger partial charge on any atom is 0.416 e. The van der Waals surface area contributed by atoms with E-state index in [9.17, 15) is 18.0 Å². The summed E-state index contributed by atoms with van der Waals surface area (Å²) in [5.41, 5.74) is -0.337. The van der Waals surface area contributed by atoms with E-state index in [0.717, 1.165) is 12.1 Å². The van der Waals surface area contributed by atoms with Gasteiger partial charge in [-0.2, -0.15) is 13.2 Å². The van der Waals surface area contributed by atoms with E-state index in [0.29, 0.717) is 18.8 Å². The lowest BCUT2D eigenvalue weighted by Crippen LogP contribution is -2.48. The minimum Gasteiger partial charge on any atom is -0.326 e.